The van der Waals surface area contributed by atoms with Gasteiger partial charge in [0.15, 0.2) is 0 Å². The van der Waals surface area contributed by atoms with Crippen molar-refractivity contribution < 1.29 is 9.59 Å². The molecule has 134 valence electrons. The molecule has 25 heavy (non-hydrogen) atoms. The first kappa shape index (κ1) is 16.6. The van der Waals surface area contributed by atoms with Crippen molar-refractivity contribution >= 4 is 11.8 Å². The minimum absolute atomic E-state index is 0.0125. The van der Waals surface area contributed by atoms with Gasteiger partial charge in [0, 0.05) is 25.4 Å². The Kier molecular flexibility index (Phi) is 4.78. The second kappa shape index (κ2) is 7.19. The average molecular weight is 340 g/mol. The van der Waals surface area contributed by atoms with E-state index in [1.165, 1.54) is 36.8 Å². The van der Waals surface area contributed by atoms with Crippen molar-refractivity contribution in [2.75, 3.05) is 6.54 Å². The normalized spacial score (nSPS) is 27.3. The van der Waals surface area contributed by atoms with Crippen LogP contribution in [-0.4, -0.2) is 24.4 Å². The lowest BCUT2D eigenvalue weighted by atomic mass is 9.92. The Morgan fingerprint density at radius 3 is 2.60 bits per heavy atom. The van der Waals surface area contributed by atoms with Crippen molar-refractivity contribution in [3.05, 3.63) is 35.4 Å². The second-order valence-electron chi connectivity index (χ2n) is 7.94. The summed E-state index contributed by atoms with van der Waals surface area (Å²) < 4.78 is 0. The molecule has 0 spiro atoms. The van der Waals surface area contributed by atoms with Gasteiger partial charge in [-0.05, 0) is 54.6 Å². The van der Waals surface area contributed by atoms with Crippen molar-refractivity contribution in [2.45, 2.75) is 63.3 Å². The Morgan fingerprint density at radius 1 is 1.00 bits per heavy atom. The molecule has 3 atom stereocenters. The van der Waals surface area contributed by atoms with Crippen molar-refractivity contribution in [3.8, 4) is 0 Å². The predicted molar refractivity (Wildman–Crippen MR) is 97.1 cm³/mol. The summed E-state index contributed by atoms with van der Waals surface area (Å²) in [4.78, 5) is 24.0. The Bertz CT molecular complexity index is 651. The maximum atomic E-state index is 12.1. The topological polar surface area (TPSA) is 58.2 Å². The van der Waals surface area contributed by atoms with Crippen LogP contribution in [0.1, 0.15) is 62.0 Å². The monoisotopic (exact) mass is 340 g/mol. The van der Waals surface area contributed by atoms with E-state index >= 15 is 0 Å². The van der Waals surface area contributed by atoms with E-state index < -0.39 is 0 Å². The summed E-state index contributed by atoms with van der Waals surface area (Å²) in [5.74, 6) is 1.99. The number of nitrogens with one attached hydrogen (secondary N) is 2. The number of hydrogen-bond donors (Lipinski definition) is 2. The Balaban J connectivity index is 1.18. The van der Waals surface area contributed by atoms with Gasteiger partial charge in [0.1, 0.15) is 0 Å². The third kappa shape index (κ3) is 3.73. The highest BCUT2D eigenvalue weighted by molar-refractivity contribution is 5.83. The number of carbonyl (C=O) groups excluding carboxylic acids is 2. The first-order valence-electron chi connectivity index (χ1n) is 9.86. The van der Waals surface area contributed by atoms with Crippen LogP contribution in [0.5, 0.6) is 0 Å². The molecule has 3 aliphatic carbocycles. The second-order valence-corrected chi connectivity index (χ2v) is 7.94. The smallest absolute Gasteiger partial charge is 0.220 e. The molecule has 3 aliphatic rings. The molecular weight excluding hydrogens is 312 g/mol. The Labute approximate surface area is 149 Å². The van der Waals surface area contributed by atoms with Crippen LogP contribution >= 0.6 is 0 Å². The lowest BCUT2D eigenvalue weighted by molar-refractivity contribution is -0.126. The third-order valence-electron chi connectivity index (χ3n) is 6.33. The largest absolute Gasteiger partial charge is 0.356 e. The fourth-order valence-electron chi connectivity index (χ4n) is 4.90. The molecule has 0 aliphatic heterocycles. The molecule has 0 aromatic heterocycles. The summed E-state index contributed by atoms with van der Waals surface area (Å²) in [5.41, 5.74) is 2.98. The van der Waals surface area contributed by atoms with Crippen LogP contribution in [0, 0.1) is 11.8 Å². The molecule has 0 heterocycles. The molecule has 4 nitrogen and oxygen atoms in total. The van der Waals surface area contributed by atoms with Gasteiger partial charge >= 0.3 is 0 Å². The van der Waals surface area contributed by atoms with Crippen LogP contribution in [0.3, 0.4) is 0 Å². The van der Waals surface area contributed by atoms with Gasteiger partial charge in [0.25, 0.3) is 0 Å². The summed E-state index contributed by atoms with van der Waals surface area (Å²) in [6.45, 7) is 0.757. The first-order chi connectivity index (χ1) is 12.2. The SMILES string of the molecule is O=C(CCC(=O)NC1CCCC1)NC[C@@H]1[C@@H]2CCc3ccccc3[C@@H]12. The number of amides is 2. The maximum Gasteiger partial charge on any atom is 0.220 e. The lowest BCUT2D eigenvalue weighted by Crippen LogP contribution is -2.34. The van der Waals surface area contributed by atoms with E-state index in [9.17, 15) is 9.59 Å². The fraction of sp³-hybridized carbons (Fsp3) is 0.619. The lowest BCUT2D eigenvalue weighted by Gasteiger charge is -2.13. The molecule has 2 saturated carbocycles. The van der Waals surface area contributed by atoms with E-state index in [-0.39, 0.29) is 11.8 Å². The van der Waals surface area contributed by atoms with Gasteiger partial charge in [-0.2, -0.15) is 0 Å². The van der Waals surface area contributed by atoms with Crippen LogP contribution in [0.25, 0.3) is 0 Å². The summed E-state index contributed by atoms with van der Waals surface area (Å²) in [6, 6.07) is 9.07. The van der Waals surface area contributed by atoms with Crippen molar-refractivity contribution in [3.63, 3.8) is 0 Å². The quantitative estimate of drug-likeness (QED) is 0.836. The molecule has 2 amide bonds. The highest BCUT2D eigenvalue weighted by Crippen LogP contribution is 2.59. The standard InChI is InChI=1S/C21H28N2O2/c24-19(11-12-20(25)23-15-6-2-3-7-15)22-13-18-17-10-9-14-5-1-4-8-16(14)21(17)18/h1,4-5,8,15,17-18,21H,2-3,6-7,9-13H2,(H,22,24)(H,23,25)/t17-,18+,21+/m0/s1. The first-order valence-corrected chi connectivity index (χ1v) is 9.86. The van der Waals surface area contributed by atoms with Gasteiger partial charge < -0.3 is 10.6 Å². The van der Waals surface area contributed by atoms with E-state index in [0.29, 0.717) is 30.7 Å². The van der Waals surface area contributed by atoms with Crippen LogP contribution < -0.4 is 10.6 Å². The molecule has 0 saturated heterocycles. The molecule has 2 fully saturated rings. The number of aryl methyl sites for hydroxylation is 1. The van der Waals surface area contributed by atoms with Crippen LogP contribution in [0.4, 0.5) is 0 Å². The molecule has 4 rings (SSSR count). The molecule has 0 unspecified atom stereocenters. The molecule has 4 heteroatoms. The van der Waals surface area contributed by atoms with Crippen LogP contribution in [-0.2, 0) is 16.0 Å². The van der Waals surface area contributed by atoms with Crippen molar-refractivity contribution in [1.29, 1.82) is 0 Å². The van der Waals surface area contributed by atoms with Gasteiger partial charge in [-0.3, -0.25) is 9.59 Å². The van der Waals surface area contributed by atoms with E-state index in [4.69, 9.17) is 0 Å². The fourth-order valence-corrected chi connectivity index (χ4v) is 4.90. The zero-order valence-corrected chi connectivity index (χ0v) is 14.8. The van der Waals surface area contributed by atoms with Gasteiger partial charge in [0.05, 0.1) is 0 Å². The zero-order chi connectivity index (χ0) is 17.2. The van der Waals surface area contributed by atoms with Gasteiger partial charge in [-0.15, -0.1) is 0 Å². The summed E-state index contributed by atoms with van der Waals surface area (Å²) in [5, 5.41) is 6.11. The highest BCUT2D eigenvalue weighted by atomic mass is 16.2. The summed E-state index contributed by atoms with van der Waals surface area (Å²) >= 11 is 0. The van der Waals surface area contributed by atoms with E-state index in [0.717, 1.165) is 25.3 Å². The number of benzene rings is 1. The van der Waals surface area contributed by atoms with Crippen molar-refractivity contribution in [1.82, 2.24) is 10.6 Å². The molecule has 0 radical (unpaired) electrons. The van der Waals surface area contributed by atoms with Gasteiger partial charge in [0.2, 0.25) is 11.8 Å². The summed E-state index contributed by atoms with van der Waals surface area (Å²) in [7, 11) is 0. The van der Waals surface area contributed by atoms with Gasteiger partial charge in [-0.25, -0.2) is 0 Å². The summed E-state index contributed by atoms with van der Waals surface area (Å²) in [6.07, 6.45) is 7.61. The van der Waals surface area contributed by atoms with Crippen LogP contribution in [0.15, 0.2) is 24.3 Å². The molecule has 2 N–H and O–H groups in total. The predicted octanol–water partition coefficient (Wildman–Crippen LogP) is 2.92. The highest BCUT2D eigenvalue weighted by Gasteiger charge is 2.52. The number of fused-ring (bicyclic) bond motifs is 3. The minimum atomic E-state index is 0.0125. The number of rotatable bonds is 6. The zero-order valence-electron chi connectivity index (χ0n) is 14.8. The van der Waals surface area contributed by atoms with E-state index in [1.807, 2.05) is 0 Å². The minimum Gasteiger partial charge on any atom is -0.356 e. The molecule has 0 bridgehead atoms. The maximum absolute atomic E-state index is 12.1. The Hall–Kier alpha value is -1.84. The molecule has 1 aromatic rings. The Morgan fingerprint density at radius 2 is 1.76 bits per heavy atom. The molecule has 1 aromatic carbocycles. The van der Waals surface area contributed by atoms with Crippen LogP contribution in [0.2, 0.25) is 0 Å². The average Bonchev–Trinajstić information content (AvgIpc) is 3.11. The number of hydrogen-bond acceptors (Lipinski definition) is 2. The van der Waals surface area contributed by atoms with E-state index in [2.05, 4.69) is 34.9 Å². The third-order valence-corrected chi connectivity index (χ3v) is 6.33. The van der Waals surface area contributed by atoms with Crippen molar-refractivity contribution in [2.24, 2.45) is 11.8 Å². The number of carbonyl (C=O) groups is 2. The van der Waals surface area contributed by atoms with E-state index in [1.54, 1.807) is 0 Å². The van der Waals surface area contributed by atoms with Gasteiger partial charge in [-0.1, -0.05) is 37.1 Å². The molecular formula is C21H28N2O2.